The molecule has 3 N–H and O–H groups in total. The summed E-state index contributed by atoms with van der Waals surface area (Å²) in [6.07, 6.45) is 2.46. The van der Waals surface area contributed by atoms with Crippen molar-refractivity contribution in [2.75, 3.05) is 32.8 Å². The van der Waals surface area contributed by atoms with Gasteiger partial charge in [-0.15, -0.1) is 24.0 Å². The van der Waals surface area contributed by atoms with Crippen LogP contribution in [0.2, 0.25) is 0 Å². The van der Waals surface area contributed by atoms with Gasteiger partial charge in [-0.1, -0.05) is 17.7 Å². The minimum Gasteiger partial charge on any atom is -0.467 e. The smallest absolute Gasteiger partial charge is 0.251 e. The Labute approximate surface area is 189 Å². The Morgan fingerprint density at radius 3 is 2.69 bits per heavy atom. The molecular formula is C21H31IN4O3. The largest absolute Gasteiger partial charge is 0.467 e. The van der Waals surface area contributed by atoms with Crippen molar-refractivity contribution in [2.24, 2.45) is 4.99 Å². The highest BCUT2D eigenvalue weighted by molar-refractivity contribution is 14.0. The molecule has 0 atom stereocenters. The molecule has 1 heterocycles. The molecule has 0 radical (unpaired) electrons. The zero-order valence-corrected chi connectivity index (χ0v) is 19.4. The first-order valence-corrected chi connectivity index (χ1v) is 9.66. The number of benzene rings is 1. The Balaban J connectivity index is 0.00000420. The van der Waals surface area contributed by atoms with Crippen molar-refractivity contribution >= 4 is 35.8 Å². The lowest BCUT2D eigenvalue weighted by atomic mass is 10.1. The maximum absolute atomic E-state index is 12.1. The average molecular weight is 514 g/mol. The molecule has 2 rings (SSSR count). The number of halogens is 1. The van der Waals surface area contributed by atoms with Gasteiger partial charge in [-0.25, -0.2) is 0 Å². The van der Waals surface area contributed by atoms with Gasteiger partial charge >= 0.3 is 0 Å². The monoisotopic (exact) mass is 514 g/mol. The standard InChI is InChI=1S/C21H30N4O3.HI/c1-3-22-21(24-10-6-13-27-16-19-9-5-14-28-19)25-12-11-23-20(26)18-8-4-7-17(2)15-18;/h4-5,7-9,14-15H,3,6,10-13,16H2,1-2H3,(H,23,26)(H2,22,24,25);1H. The van der Waals surface area contributed by atoms with Crippen molar-refractivity contribution in [2.45, 2.75) is 26.9 Å². The van der Waals surface area contributed by atoms with Gasteiger partial charge < -0.3 is 25.1 Å². The van der Waals surface area contributed by atoms with Gasteiger partial charge in [0.25, 0.3) is 5.91 Å². The molecule has 29 heavy (non-hydrogen) atoms. The fourth-order valence-electron chi connectivity index (χ4n) is 2.51. The number of amides is 1. The molecule has 0 unspecified atom stereocenters. The van der Waals surface area contributed by atoms with E-state index in [1.54, 1.807) is 6.26 Å². The van der Waals surface area contributed by atoms with E-state index in [2.05, 4.69) is 20.9 Å². The minimum absolute atomic E-state index is 0. The predicted octanol–water partition coefficient (Wildman–Crippen LogP) is 3.10. The fraction of sp³-hybridized carbons (Fsp3) is 0.429. The molecule has 0 aliphatic rings. The molecule has 7 nitrogen and oxygen atoms in total. The number of nitrogens with zero attached hydrogens (tertiary/aromatic N) is 1. The van der Waals surface area contributed by atoms with E-state index < -0.39 is 0 Å². The van der Waals surface area contributed by atoms with Crippen LogP contribution in [0.4, 0.5) is 0 Å². The SMILES string of the molecule is CCNC(=NCCCOCc1ccco1)NCCNC(=O)c1cccc(C)c1.I. The van der Waals surface area contributed by atoms with E-state index in [-0.39, 0.29) is 29.9 Å². The normalized spacial score (nSPS) is 10.9. The lowest BCUT2D eigenvalue weighted by molar-refractivity contribution is 0.0954. The summed E-state index contributed by atoms with van der Waals surface area (Å²) in [6.45, 7) is 7.63. The summed E-state index contributed by atoms with van der Waals surface area (Å²) in [7, 11) is 0. The minimum atomic E-state index is -0.0684. The van der Waals surface area contributed by atoms with Crippen molar-refractivity contribution in [3.05, 3.63) is 59.5 Å². The highest BCUT2D eigenvalue weighted by atomic mass is 127. The van der Waals surface area contributed by atoms with E-state index in [0.29, 0.717) is 38.4 Å². The summed E-state index contributed by atoms with van der Waals surface area (Å²) >= 11 is 0. The molecule has 8 heteroatoms. The fourth-order valence-corrected chi connectivity index (χ4v) is 2.51. The third-order valence-electron chi connectivity index (χ3n) is 3.87. The summed E-state index contributed by atoms with van der Waals surface area (Å²) < 4.78 is 10.8. The molecular weight excluding hydrogens is 483 g/mol. The predicted molar refractivity (Wildman–Crippen MR) is 126 cm³/mol. The van der Waals surface area contributed by atoms with E-state index >= 15 is 0 Å². The van der Waals surface area contributed by atoms with Gasteiger partial charge in [0.05, 0.1) is 6.26 Å². The molecule has 0 aliphatic carbocycles. The number of aliphatic imine (C=N–C) groups is 1. The van der Waals surface area contributed by atoms with Gasteiger partial charge in [0.1, 0.15) is 12.4 Å². The number of carbonyl (C=O) groups excluding carboxylic acids is 1. The van der Waals surface area contributed by atoms with Crippen LogP contribution >= 0.6 is 24.0 Å². The maximum Gasteiger partial charge on any atom is 0.251 e. The first-order valence-electron chi connectivity index (χ1n) is 9.66. The number of carbonyl (C=O) groups is 1. The van der Waals surface area contributed by atoms with Crippen LogP contribution < -0.4 is 16.0 Å². The molecule has 1 aromatic carbocycles. The molecule has 0 fully saturated rings. The second-order valence-corrected chi connectivity index (χ2v) is 6.30. The summed E-state index contributed by atoms with van der Waals surface area (Å²) in [6, 6.07) is 11.3. The Morgan fingerprint density at radius 1 is 1.14 bits per heavy atom. The number of ether oxygens (including phenoxy) is 1. The summed E-state index contributed by atoms with van der Waals surface area (Å²) in [4.78, 5) is 16.6. The molecule has 0 saturated carbocycles. The lowest BCUT2D eigenvalue weighted by Gasteiger charge is -2.12. The Morgan fingerprint density at radius 2 is 1.97 bits per heavy atom. The van der Waals surface area contributed by atoms with E-state index in [0.717, 1.165) is 30.2 Å². The van der Waals surface area contributed by atoms with Gasteiger partial charge in [-0.05, 0) is 44.5 Å². The van der Waals surface area contributed by atoms with Crippen LogP contribution in [0.15, 0.2) is 52.1 Å². The van der Waals surface area contributed by atoms with Crippen LogP contribution in [0.1, 0.15) is 35.0 Å². The molecule has 1 amide bonds. The zero-order chi connectivity index (χ0) is 20.0. The number of hydrogen-bond donors (Lipinski definition) is 3. The third kappa shape index (κ3) is 10.3. The van der Waals surface area contributed by atoms with Gasteiger partial charge in [0.15, 0.2) is 5.96 Å². The van der Waals surface area contributed by atoms with Crippen LogP contribution in [0.25, 0.3) is 0 Å². The van der Waals surface area contributed by atoms with Crippen LogP contribution in [0.5, 0.6) is 0 Å². The van der Waals surface area contributed by atoms with E-state index in [9.17, 15) is 4.79 Å². The quantitative estimate of drug-likeness (QED) is 0.186. The number of aryl methyl sites for hydroxylation is 1. The number of guanidine groups is 1. The van der Waals surface area contributed by atoms with Gasteiger partial charge in [0, 0.05) is 38.3 Å². The second kappa shape index (κ2) is 14.9. The first-order chi connectivity index (χ1) is 13.7. The summed E-state index contributed by atoms with van der Waals surface area (Å²) in [5.41, 5.74) is 1.75. The molecule has 160 valence electrons. The van der Waals surface area contributed by atoms with Crippen LogP contribution in [-0.2, 0) is 11.3 Å². The zero-order valence-electron chi connectivity index (χ0n) is 17.1. The van der Waals surface area contributed by atoms with Crippen molar-refractivity contribution in [3.63, 3.8) is 0 Å². The molecule has 0 spiro atoms. The molecule has 0 bridgehead atoms. The summed E-state index contributed by atoms with van der Waals surface area (Å²) in [5.74, 6) is 1.49. The van der Waals surface area contributed by atoms with E-state index in [4.69, 9.17) is 9.15 Å². The van der Waals surface area contributed by atoms with E-state index in [1.807, 2.05) is 50.2 Å². The van der Waals surface area contributed by atoms with Crippen molar-refractivity contribution in [1.29, 1.82) is 0 Å². The molecule has 0 aliphatic heterocycles. The number of furan rings is 1. The molecule has 0 saturated heterocycles. The van der Waals surface area contributed by atoms with Crippen molar-refractivity contribution in [1.82, 2.24) is 16.0 Å². The van der Waals surface area contributed by atoms with Gasteiger partial charge in [-0.2, -0.15) is 0 Å². The number of rotatable bonds is 11. The van der Waals surface area contributed by atoms with Gasteiger partial charge in [0.2, 0.25) is 0 Å². The summed E-state index contributed by atoms with van der Waals surface area (Å²) in [5, 5.41) is 9.32. The van der Waals surface area contributed by atoms with E-state index in [1.165, 1.54) is 0 Å². The van der Waals surface area contributed by atoms with Gasteiger partial charge in [-0.3, -0.25) is 9.79 Å². The Bertz CT molecular complexity index is 735. The Kier molecular flexibility index (Phi) is 12.8. The average Bonchev–Trinajstić information content (AvgIpc) is 3.21. The number of nitrogens with one attached hydrogen (secondary N) is 3. The first kappa shape index (κ1) is 25.0. The Hall–Kier alpha value is -2.07. The topological polar surface area (TPSA) is 87.9 Å². The van der Waals surface area contributed by atoms with Crippen molar-refractivity contribution < 1.29 is 13.9 Å². The lowest BCUT2D eigenvalue weighted by Crippen LogP contribution is -2.41. The molecule has 2 aromatic rings. The molecule has 1 aromatic heterocycles. The van der Waals surface area contributed by atoms with Crippen LogP contribution in [0, 0.1) is 6.92 Å². The van der Waals surface area contributed by atoms with Crippen molar-refractivity contribution in [3.8, 4) is 0 Å². The van der Waals surface area contributed by atoms with Crippen LogP contribution in [0.3, 0.4) is 0 Å². The number of hydrogen-bond acceptors (Lipinski definition) is 4. The highest BCUT2D eigenvalue weighted by Crippen LogP contribution is 2.03. The third-order valence-corrected chi connectivity index (χ3v) is 3.87. The van der Waals surface area contributed by atoms with Crippen LogP contribution in [-0.4, -0.2) is 44.7 Å². The maximum atomic E-state index is 12.1. The second-order valence-electron chi connectivity index (χ2n) is 6.30. The highest BCUT2D eigenvalue weighted by Gasteiger charge is 2.04.